The molecule has 2 nitrogen and oxygen atoms in total. The largest absolute Gasteiger partial charge is 0.495 e. The first-order chi connectivity index (χ1) is 9.51. The molecule has 1 N–H and O–H groups in total. The Morgan fingerprint density at radius 2 is 1.90 bits per heavy atom. The number of rotatable bonds is 4. The Kier molecular flexibility index (Phi) is 5.08. The molecule has 2 aromatic rings. The molecular formula is C16H16BrClO2. The number of halogens is 2. The summed E-state index contributed by atoms with van der Waals surface area (Å²) in [6, 6.07) is 11.6. The molecule has 0 radical (unpaired) electrons. The van der Waals surface area contributed by atoms with Gasteiger partial charge in [0.15, 0.2) is 0 Å². The highest BCUT2D eigenvalue weighted by Gasteiger charge is 2.17. The van der Waals surface area contributed by atoms with Gasteiger partial charge in [0.05, 0.1) is 17.7 Å². The van der Waals surface area contributed by atoms with Gasteiger partial charge in [-0.05, 0) is 40.5 Å². The van der Waals surface area contributed by atoms with E-state index in [0.717, 1.165) is 10.0 Å². The maximum atomic E-state index is 10.4. The van der Waals surface area contributed by atoms with Gasteiger partial charge in [0.25, 0.3) is 0 Å². The molecule has 1 atom stereocenters. The fraction of sp³-hybridized carbons (Fsp3) is 0.250. The van der Waals surface area contributed by atoms with E-state index in [4.69, 9.17) is 16.3 Å². The van der Waals surface area contributed by atoms with Crippen LogP contribution in [0.5, 0.6) is 5.75 Å². The Morgan fingerprint density at radius 3 is 2.50 bits per heavy atom. The molecule has 1 unspecified atom stereocenters. The van der Waals surface area contributed by atoms with Gasteiger partial charge in [-0.15, -0.1) is 0 Å². The van der Waals surface area contributed by atoms with E-state index >= 15 is 0 Å². The van der Waals surface area contributed by atoms with Crippen LogP contribution in [0.25, 0.3) is 0 Å². The molecule has 4 heteroatoms. The van der Waals surface area contributed by atoms with Gasteiger partial charge in [-0.1, -0.05) is 41.4 Å². The van der Waals surface area contributed by atoms with Gasteiger partial charge >= 0.3 is 0 Å². The SMILES string of the molecule is COc1c(Br)cc(Cl)cc1C(O)Cc1ccc(C)cc1. The third-order valence-electron chi connectivity index (χ3n) is 3.15. The Balaban J connectivity index is 2.28. The van der Waals surface area contributed by atoms with E-state index in [0.29, 0.717) is 22.8 Å². The summed E-state index contributed by atoms with van der Waals surface area (Å²) in [5, 5.41) is 11.0. The van der Waals surface area contributed by atoms with Crippen LogP contribution in [0, 0.1) is 6.92 Å². The minimum absolute atomic E-state index is 0.517. The molecule has 0 amide bonds. The van der Waals surface area contributed by atoms with E-state index < -0.39 is 6.10 Å². The molecule has 20 heavy (non-hydrogen) atoms. The predicted molar refractivity (Wildman–Crippen MR) is 85.5 cm³/mol. The van der Waals surface area contributed by atoms with Crippen LogP contribution in [0.3, 0.4) is 0 Å². The molecule has 0 aliphatic rings. The lowest BCUT2D eigenvalue weighted by atomic mass is 10.00. The van der Waals surface area contributed by atoms with Crippen LogP contribution < -0.4 is 4.74 Å². The Morgan fingerprint density at radius 1 is 1.25 bits per heavy atom. The van der Waals surface area contributed by atoms with Gasteiger partial charge in [0, 0.05) is 17.0 Å². The van der Waals surface area contributed by atoms with Crippen molar-refractivity contribution in [3.05, 3.63) is 62.6 Å². The van der Waals surface area contributed by atoms with Crippen molar-refractivity contribution in [1.29, 1.82) is 0 Å². The zero-order chi connectivity index (χ0) is 14.7. The summed E-state index contributed by atoms with van der Waals surface area (Å²) in [7, 11) is 1.58. The lowest BCUT2D eigenvalue weighted by molar-refractivity contribution is 0.174. The van der Waals surface area contributed by atoms with Crippen LogP contribution >= 0.6 is 27.5 Å². The zero-order valence-corrected chi connectivity index (χ0v) is 13.7. The predicted octanol–water partition coefficient (Wildman–Crippen LogP) is 4.70. The fourth-order valence-corrected chi connectivity index (χ4v) is 3.10. The molecule has 0 aliphatic carbocycles. The number of methoxy groups -OCH3 is 1. The van der Waals surface area contributed by atoms with Crippen molar-refractivity contribution < 1.29 is 9.84 Å². The average Bonchev–Trinajstić information content (AvgIpc) is 2.40. The number of ether oxygens (including phenoxy) is 1. The molecule has 0 bridgehead atoms. The monoisotopic (exact) mass is 354 g/mol. The van der Waals surface area contributed by atoms with E-state index in [-0.39, 0.29) is 0 Å². The molecule has 0 aromatic heterocycles. The van der Waals surface area contributed by atoms with Crippen LogP contribution in [-0.4, -0.2) is 12.2 Å². The smallest absolute Gasteiger partial charge is 0.138 e. The second kappa shape index (κ2) is 6.61. The highest BCUT2D eigenvalue weighted by Crippen LogP contribution is 2.37. The zero-order valence-electron chi connectivity index (χ0n) is 11.4. The number of benzene rings is 2. The molecular weight excluding hydrogens is 340 g/mol. The lowest BCUT2D eigenvalue weighted by Gasteiger charge is -2.17. The number of hydrogen-bond donors (Lipinski definition) is 1. The number of aliphatic hydroxyl groups excluding tert-OH is 1. The molecule has 0 aliphatic heterocycles. The van der Waals surface area contributed by atoms with Crippen molar-refractivity contribution in [2.45, 2.75) is 19.4 Å². The van der Waals surface area contributed by atoms with E-state index in [1.807, 2.05) is 31.2 Å². The van der Waals surface area contributed by atoms with Crippen molar-refractivity contribution >= 4 is 27.5 Å². The van der Waals surface area contributed by atoms with Gasteiger partial charge in [-0.3, -0.25) is 0 Å². The van der Waals surface area contributed by atoms with E-state index in [9.17, 15) is 5.11 Å². The van der Waals surface area contributed by atoms with Crippen molar-refractivity contribution in [3.63, 3.8) is 0 Å². The average molecular weight is 356 g/mol. The molecule has 0 heterocycles. The topological polar surface area (TPSA) is 29.5 Å². The maximum absolute atomic E-state index is 10.4. The minimum atomic E-state index is -0.664. The molecule has 0 saturated heterocycles. The summed E-state index contributed by atoms with van der Waals surface area (Å²) in [6.07, 6.45) is -0.147. The van der Waals surface area contributed by atoms with Gasteiger partial charge in [-0.25, -0.2) is 0 Å². The second-order valence-electron chi connectivity index (χ2n) is 4.72. The fourth-order valence-electron chi connectivity index (χ4n) is 2.10. The van der Waals surface area contributed by atoms with E-state index in [1.54, 1.807) is 19.2 Å². The first-order valence-electron chi connectivity index (χ1n) is 6.28. The summed E-state index contributed by atoms with van der Waals surface area (Å²) in [5.74, 6) is 0.619. The molecule has 106 valence electrons. The molecule has 2 rings (SSSR count). The maximum Gasteiger partial charge on any atom is 0.138 e. The standard InChI is InChI=1S/C16H16BrClO2/c1-10-3-5-11(6-4-10)7-15(19)13-8-12(18)9-14(17)16(13)20-2/h3-6,8-9,15,19H,7H2,1-2H3. The molecule has 0 spiro atoms. The number of aryl methyl sites for hydroxylation is 1. The number of aliphatic hydroxyl groups is 1. The quantitative estimate of drug-likeness (QED) is 0.861. The lowest BCUT2D eigenvalue weighted by Crippen LogP contribution is -2.05. The summed E-state index contributed by atoms with van der Waals surface area (Å²) in [6.45, 7) is 2.04. The van der Waals surface area contributed by atoms with Crippen LogP contribution in [0.1, 0.15) is 22.8 Å². The van der Waals surface area contributed by atoms with Crippen molar-refractivity contribution in [1.82, 2.24) is 0 Å². The Labute approximate surface area is 132 Å². The van der Waals surface area contributed by atoms with E-state index in [2.05, 4.69) is 15.9 Å². The second-order valence-corrected chi connectivity index (χ2v) is 6.01. The van der Waals surface area contributed by atoms with E-state index in [1.165, 1.54) is 5.56 Å². The summed E-state index contributed by atoms with van der Waals surface area (Å²) in [4.78, 5) is 0. The third-order valence-corrected chi connectivity index (χ3v) is 3.96. The molecule has 0 saturated carbocycles. The third kappa shape index (κ3) is 3.54. The van der Waals surface area contributed by atoms with Gasteiger partial charge < -0.3 is 9.84 Å². The van der Waals surface area contributed by atoms with Gasteiger partial charge in [-0.2, -0.15) is 0 Å². The van der Waals surface area contributed by atoms with Gasteiger partial charge in [0.1, 0.15) is 5.75 Å². The molecule has 2 aromatic carbocycles. The molecule has 0 fully saturated rings. The Hall–Kier alpha value is -1.03. The minimum Gasteiger partial charge on any atom is -0.495 e. The summed E-state index contributed by atoms with van der Waals surface area (Å²) < 4.78 is 6.08. The summed E-state index contributed by atoms with van der Waals surface area (Å²) in [5.41, 5.74) is 2.96. The highest BCUT2D eigenvalue weighted by molar-refractivity contribution is 9.10. The van der Waals surface area contributed by atoms with Crippen LogP contribution in [-0.2, 0) is 6.42 Å². The number of hydrogen-bond acceptors (Lipinski definition) is 2. The van der Waals surface area contributed by atoms with Gasteiger partial charge in [0.2, 0.25) is 0 Å². The van der Waals surface area contributed by atoms with Crippen LogP contribution in [0.15, 0.2) is 40.9 Å². The van der Waals surface area contributed by atoms with Crippen LogP contribution in [0.2, 0.25) is 5.02 Å². The van der Waals surface area contributed by atoms with Crippen molar-refractivity contribution in [2.24, 2.45) is 0 Å². The normalized spacial score (nSPS) is 12.2. The Bertz CT molecular complexity index is 596. The first kappa shape index (κ1) is 15.4. The van der Waals surface area contributed by atoms with Crippen molar-refractivity contribution in [3.8, 4) is 5.75 Å². The van der Waals surface area contributed by atoms with Crippen LogP contribution in [0.4, 0.5) is 0 Å². The summed E-state index contributed by atoms with van der Waals surface area (Å²) >= 11 is 9.45. The highest BCUT2D eigenvalue weighted by atomic mass is 79.9. The first-order valence-corrected chi connectivity index (χ1v) is 7.45. The van der Waals surface area contributed by atoms with Crippen molar-refractivity contribution in [2.75, 3.05) is 7.11 Å².